The number of nitrogens with one attached hydrogen (secondary N) is 1. The van der Waals surface area contributed by atoms with Gasteiger partial charge in [0.05, 0.1) is 30.7 Å². The van der Waals surface area contributed by atoms with Gasteiger partial charge >= 0.3 is 5.97 Å². The van der Waals surface area contributed by atoms with Crippen molar-refractivity contribution in [1.82, 2.24) is 10.2 Å². The third kappa shape index (κ3) is 4.56. The van der Waals surface area contributed by atoms with Gasteiger partial charge in [0, 0.05) is 13.0 Å². The van der Waals surface area contributed by atoms with Gasteiger partial charge in [-0.1, -0.05) is 41.5 Å². The number of methoxy groups -OCH3 is 1. The molecule has 0 spiro atoms. The first-order chi connectivity index (χ1) is 14.3. The summed E-state index contributed by atoms with van der Waals surface area (Å²) in [5, 5.41) is 2.81. The number of carbonyl (C=O) groups is 4. The minimum Gasteiger partial charge on any atom is -0.469 e. The summed E-state index contributed by atoms with van der Waals surface area (Å²) >= 11 is 0. The number of hydrogen-bond acceptors (Lipinski definition) is 5. The number of fused-ring (bicyclic) bond motifs is 1. The molecule has 0 saturated heterocycles. The van der Waals surface area contributed by atoms with Gasteiger partial charge in [-0.25, -0.2) is 0 Å². The van der Waals surface area contributed by atoms with Gasteiger partial charge in [-0.2, -0.15) is 0 Å². The Bertz CT molecular complexity index is 997. The van der Waals surface area contributed by atoms with E-state index in [1.807, 2.05) is 38.1 Å². The first-order valence-electron chi connectivity index (χ1n) is 9.69. The van der Waals surface area contributed by atoms with Crippen molar-refractivity contribution in [2.75, 3.05) is 13.7 Å². The Hall–Kier alpha value is -3.48. The van der Waals surface area contributed by atoms with Crippen molar-refractivity contribution < 1.29 is 23.9 Å². The lowest BCUT2D eigenvalue weighted by Crippen LogP contribution is -2.36. The van der Waals surface area contributed by atoms with E-state index in [0.717, 1.165) is 21.6 Å². The number of esters is 1. The molecule has 7 nitrogen and oxygen atoms in total. The molecule has 0 aromatic heterocycles. The molecule has 3 rings (SSSR count). The summed E-state index contributed by atoms with van der Waals surface area (Å²) in [4.78, 5) is 50.5. The number of ether oxygens (including phenoxy) is 1. The van der Waals surface area contributed by atoms with Crippen LogP contribution in [-0.4, -0.2) is 42.2 Å². The Balaban J connectivity index is 1.66. The highest BCUT2D eigenvalue weighted by Crippen LogP contribution is 2.24. The normalized spacial score (nSPS) is 13.8. The lowest BCUT2D eigenvalue weighted by atomic mass is 10.0. The Morgan fingerprint density at radius 2 is 1.60 bits per heavy atom. The monoisotopic (exact) mass is 408 g/mol. The number of hydrogen-bond donors (Lipinski definition) is 1. The summed E-state index contributed by atoms with van der Waals surface area (Å²) in [5.41, 5.74) is 3.44. The van der Waals surface area contributed by atoms with Crippen LogP contribution in [0.4, 0.5) is 0 Å². The zero-order valence-electron chi connectivity index (χ0n) is 17.2. The van der Waals surface area contributed by atoms with Gasteiger partial charge in [0.25, 0.3) is 11.8 Å². The van der Waals surface area contributed by atoms with E-state index in [1.165, 1.54) is 7.11 Å². The van der Waals surface area contributed by atoms with E-state index in [9.17, 15) is 19.2 Å². The number of carbonyl (C=O) groups excluding carboxylic acids is 4. The number of rotatable bonds is 7. The van der Waals surface area contributed by atoms with Crippen LogP contribution in [0.2, 0.25) is 0 Å². The van der Waals surface area contributed by atoms with Crippen LogP contribution in [-0.2, 0) is 14.3 Å². The second kappa shape index (κ2) is 8.90. The average Bonchev–Trinajstić information content (AvgIpc) is 2.95. The largest absolute Gasteiger partial charge is 0.469 e. The standard InChI is InChI=1S/C23H24N2O5/c1-14-4-7-16(8-5-14)19(13-21(27)30-3)24-20(26)10-11-25-22(28)17-9-6-15(2)12-18(17)23(25)29/h4-9,12,19H,10-11,13H2,1-3H3,(H,24,26). The molecule has 0 saturated carbocycles. The molecule has 7 heteroatoms. The van der Waals surface area contributed by atoms with Crippen molar-refractivity contribution in [2.24, 2.45) is 0 Å². The van der Waals surface area contributed by atoms with Gasteiger partial charge in [0.2, 0.25) is 5.91 Å². The quantitative estimate of drug-likeness (QED) is 0.562. The molecule has 0 bridgehead atoms. The van der Waals surface area contributed by atoms with E-state index in [0.29, 0.717) is 11.1 Å². The van der Waals surface area contributed by atoms with Gasteiger partial charge in [-0.05, 0) is 31.5 Å². The highest BCUT2D eigenvalue weighted by atomic mass is 16.5. The molecule has 30 heavy (non-hydrogen) atoms. The number of amides is 3. The number of nitrogens with zero attached hydrogens (tertiary/aromatic N) is 1. The van der Waals surface area contributed by atoms with Gasteiger partial charge in [-0.3, -0.25) is 24.1 Å². The summed E-state index contributed by atoms with van der Waals surface area (Å²) in [6.07, 6.45) is -0.0778. The van der Waals surface area contributed by atoms with E-state index >= 15 is 0 Å². The van der Waals surface area contributed by atoms with Crippen LogP contribution in [0, 0.1) is 13.8 Å². The van der Waals surface area contributed by atoms with E-state index in [1.54, 1.807) is 18.2 Å². The minimum atomic E-state index is -0.560. The van der Waals surface area contributed by atoms with E-state index in [-0.39, 0.29) is 25.3 Å². The van der Waals surface area contributed by atoms with Crippen LogP contribution >= 0.6 is 0 Å². The number of benzene rings is 2. The number of aryl methyl sites for hydroxylation is 2. The van der Waals surface area contributed by atoms with Crippen LogP contribution in [0.25, 0.3) is 0 Å². The molecule has 3 amide bonds. The molecular weight excluding hydrogens is 384 g/mol. The SMILES string of the molecule is COC(=O)CC(NC(=O)CCN1C(=O)c2ccc(C)cc2C1=O)c1ccc(C)cc1. The van der Waals surface area contributed by atoms with Crippen molar-refractivity contribution in [3.8, 4) is 0 Å². The zero-order chi connectivity index (χ0) is 21.8. The summed E-state index contributed by atoms with van der Waals surface area (Å²) in [6.45, 7) is 3.76. The lowest BCUT2D eigenvalue weighted by molar-refractivity contribution is -0.141. The van der Waals surface area contributed by atoms with Gasteiger partial charge in [-0.15, -0.1) is 0 Å². The van der Waals surface area contributed by atoms with Crippen molar-refractivity contribution >= 4 is 23.7 Å². The fourth-order valence-corrected chi connectivity index (χ4v) is 3.39. The number of imide groups is 1. The Morgan fingerprint density at radius 1 is 0.967 bits per heavy atom. The third-order valence-electron chi connectivity index (χ3n) is 5.10. The first-order valence-corrected chi connectivity index (χ1v) is 9.69. The maximum atomic E-state index is 12.5. The molecule has 156 valence electrons. The third-order valence-corrected chi connectivity index (χ3v) is 5.10. The molecule has 1 aliphatic heterocycles. The predicted molar refractivity (Wildman–Crippen MR) is 110 cm³/mol. The van der Waals surface area contributed by atoms with E-state index in [4.69, 9.17) is 4.74 Å². The van der Waals surface area contributed by atoms with E-state index in [2.05, 4.69) is 5.32 Å². The van der Waals surface area contributed by atoms with Gasteiger partial charge < -0.3 is 10.1 Å². The highest BCUT2D eigenvalue weighted by Gasteiger charge is 2.35. The predicted octanol–water partition coefficient (Wildman–Crippen LogP) is 2.71. The van der Waals surface area contributed by atoms with Crippen LogP contribution in [0.15, 0.2) is 42.5 Å². The molecule has 1 unspecified atom stereocenters. The average molecular weight is 408 g/mol. The second-order valence-corrected chi connectivity index (χ2v) is 7.37. The van der Waals surface area contributed by atoms with Gasteiger partial charge in [0.1, 0.15) is 0 Å². The van der Waals surface area contributed by atoms with Crippen LogP contribution in [0.1, 0.15) is 56.3 Å². The van der Waals surface area contributed by atoms with Crippen molar-refractivity contribution in [3.05, 3.63) is 70.3 Å². The smallest absolute Gasteiger partial charge is 0.307 e. The van der Waals surface area contributed by atoms with Crippen molar-refractivity contribution in [2.45, 2.75) is 32.7 Å². The summed E-state index contributed by atoms with van der Waals surface area (Å²) < 4.78 is 4.73. The molecule has 1 atom stereocenters. The fourth-order valence-electron chi connectivity index (χ4n) is 3.39. The van der Waals surface area contributed by atoms with Crippen molar-refractivity contribution in [3.63, 3.8) is 0 Å². The fraction of sp³-hybridized carbons (Fsp3) is 0.304. The first kappa shape index (κ1) is 21.2. The lowest BCUT2D eigenvalue weighted by Gasteiger charge is -2.19. The van der Waals surface area contributed by atoms with Crippen molar-refractivity contribution in [1.29, 1.82) is 0 Å². The maximum Gasteiger partial charge on any atom is 0.307 e. The molecule has 1 aliphatic rings. The van der Waals surface area contributed by atoms with Gasteiger partial charge in [0.15, 0.2) is 0 Å². The molecule has 0 aliphatic carbocycles. The summed E-state index contributed by atoms with van der Waals surface area (Å²) in [5.74, 6) is -1.60. The van der Waals surface area contributed by atoms with Crippen LogP contribution in [0.3, 0.4) is 0 Å². The van der Waals surface area contributed by atoms with E-state index < -0.39 is 23.8 Å². The topological polar surface area (TPSA) is 92.8 Å². The summed E-state index contributed by atoms with van der Waals surface area (Å²) in [6, 6.07) is 12.0. The molecule has 2 aromatic carbocycles. The Morgan fingerprint density at radius 3 is 2.27 bits per heavy atom. The summed E-state index contributed by atoms with van der Waals surface area (Å²) in [7, 11) is 1.29. The zero-order valence-corrected chi connectivity index (χ0v) is 17.2. The highest BCUT2D eigenvalue weighted by molar-refractivity contribution is 6.21. The second-order valence-electron chi connectivity index (χ2n) is 7.37. The maximum absolute atomic E-state index is 12.5. The molecular formula is C23H24N2O5. The van der Waals surface area contributed by atoms with Crippen LogP contribution < -0.4 is 5.32 Å². The van der Waals surface area contributed by atoms with Crippen LogP contribution in [0.5, 0.6) is 0 Å². The molecule has 1 N–H and O–H groups in total. The Labute approximate surface area is 175 Å². The molecule has 2 aromatic rings. The minimum absolute atomic E-state index is 0.0163. The Kier molecular flexibility index (Phi) is 6.30. The molecule has 1 heterocycles. The molecule has 0 radical (unpaired) electrons. The molecule has 0 fully saturated rings.